The number of benzene rings is 3. The van der Waals surface area contributed by atoms with Crippen LogP contribution < -0.4 is 9.64 Å². The monoisotopic (exact) mass is 521 g/mol. The predicted octanol–water partition coefficient (Wildman–Crippen LogP) is 4.14. The van der Waals surface area contributed by atoms with E-state index in [0.717, 1.165) is 28.4 Å². The van der Waals surface area contributed by atoms with Gasteiger partial charge in [-0.3, -0.25) is 9.59 Å². The van der Waals surface area contributed by atoms with Gasteiger partial charge >= 0.3 is 0 Å². The number of amides is 2. The Morgan fingerprint density at radius 3 is 2.08 bits per heavy atom. The van der Waals surface area contributed by atoms with Crippen LogP contribution in [0.25, 0.3) is 11.3 Å². The fourth-order valence-electron chi connectivity index (χ4n) is 4.62. The first-order chi connectivity index (χ1) is 19.1. The molecule has 39 heavy (non-hydrogen) atoms. The van der Waals surface area contributed by atoms with E-state index in [0.29, 0.717) is 38.3 Å². The number of piperazine rings is 1. The first kappa shape index (κ1) is 25.9. The largest absolute Gasteiger partial charge is 0.497 e. The molecule has 2 heterocycles. The van der Waals surface area contributed by atoms with Crippen LogP contribution in [0.3, 0.4) is 0 Å². The van der Waals surface area contributed by atoms with Gasteiger partial charge in [0, 0.05) is 43.9 Å². The Labute approximate surface area is 228 Å². The molecule has 0 N–H and O–H groups in total. The van der Waals surface area contributed by atoms with E-state index in [4.69, 9.17) is 4.74 Å². The van der Waals surface area contributed by atoms with E-state index < -0.39 is 0 Å². The highest BCUT2D eigenvalue weighted by Crippen LogP contribution is 2.22. The number of carbonyl (C=O) groups is 2. The minimum Gasteiger partial charge on any atom is -0.497 e. The zero-order chi connectivity index (χ0) is 27.0. The van der Waals surface area contributed by atoms with Crippen LogP contribution in [0.5, 0.6) is 5.75 Å². The van der Waals surface area contributed by atoms with Crippen LogP contribution in [0.15, 0.2) is 97.1 Å². The highest BCUT2D eigenvalue weighted by Gasteiger charge is 2.26. The summed E-state index contributed by atoms with van der Waals surface area (Å²) < 4.78 is 5.22. The Balaban J connectivity index is 1.20. The van der Waals surface area contributed by atoms with Crippen molar-refractivity contribution in [1.29, 1.82) is 0 Å². The summed E-state index contributed by atoms with van der Waals surface area (Å²) in [5.41, 5.74) is 3.31. The number of aromatic nitrogens is 2. The van der Waals surface area contributed by atoms with Crippen LogP contribution in [0.1, 0.15) is 15.9 Å². The lowest BCUT2D eigenvalue weighted by molar-refractivity contribution is -0.132. The van der Waals surface area contributed by atoms with Crippen molar-refractivity contribution in [2.75, 3.05) is 44.7 Å². The molecule has 1 saturated heterocycles. The summed E-state index contributed by atoms with van der Waals surface area (Å²) in [6, 6.07) is 30.5. The van der Waals surface area contributed by atoms with Gasteiger partial charge in [-0.25, -0.2) is 0 Å². The lowest BCUT2D eigenvalue weighted by atomic mass is 10.1. The lowest BCUT2D eigenvalue weighted by Gasteiger charge is -2.36. The van der Waals surface area contributed by atoms with Crippen LogP contribution in [0, 0.1) is 0 Å². The molecule has 0 radical (unpaired) electrons. The molecule has 198 valence electrons. The highest BCUT2D eigenvalue weighted by atomic mass is 16.5. The van der Waals surface area contributed by atoms with Crippen LogP contribution >= 0.6 is 0 Å². The quantitative estimate of drug-likeness (QED) is 0.347. The van der Waals surface area contributed by atoms with Crippen molar-refractivity contribution in [2.45, 2.75) is 6.54 Å². The van der Waals surface area contributed by atoms with Gasteiger partial charge in [0.15, 0.2) is 5.82 Å². The molecule has 1 aliphatic heterocycles. The third kappa shape index (κ3) is 6.41. The number of nitrogens with zero attached hydrogens (tertiary/aromatic N) is 5. The fourth-order valence-corrected chi connectivity index (χ4v) is 4.62. The average molecular weight is 522 g/mol. The van der Waals surface area contributed by atoms with E-state index in [1.165, 1.54) is 0 Å². The highest BCUT2D eigenvalue weighted by molar-refractivity contribution is 5.96. The molecule has 0 spiro atoms. The van der Waals surface area contributed by atoms with Gasteiger partial charge in [-0.15, -0.1) is 10.2 Å². The summed E-state index contributed by atoms with van der Waals surface area (Å²) in [6.45, 7) is 2.80. The maximum absolute atomic E-state index is 13.3. The lowest BCUT2D eigenvalue weighted by Crippen LogP contribution is -2.52. The molecule has 1 aliphatic rings. The zero-order valence-electron chi connectivity index (χ0n) is 21.9. The molecule has 4 aromatic rings. The number of anilines is 1. The third-order valence-corrected chi connectivity index (χ3v) is 6.84. The Kier molecular flexibility index (Phi) is 8.12. The number of methoxy groups -OCH3 is 1. The standard InChI is InChI=1S/C31H31N5O3/c1-39-27-14-12-25(13-15-27)28-16-17-29(33-32-28)34-18-20-35(21-19-34)30(37)23-36(22-24-8-4-2-5-9-24)31(38)26-10-6-3-7-11-26/h2-17H,18-23H2,1H3. The number of carbonyl (C=O) groups excluding carboxylic acids is 2. The Bertz CT molecular complexity index is 1370. The van der Waals surface area contributed by atoms with Gasteiger partial charge in [-0.05, 0) is 54.1 Å². The van der Waals surface area contributed by atoms with E-state index >= 15 is 0 Å². The van der Waals surface area contributed by atoms with Crippen molar-refractivity contribution in [3.05, 3.63) is 108 Å². The van der Waals surface area contributed by atoms with E-state index in [1.807, 2.05) is 89.8 Å². The van der Waals surface area contributed by atoms with Crippen LogP contribution in [-0.2, 0) is 11.3 Å². The van der Waals surface area contributed by atoms with Crippen molar-refractivity contribution in [1.82, 2.24) is 20.0 Å². The summed E-state index contributed by atoms with van der Waals surface area (Å²) in [7, 11) is 1.64. The topological polar surface area (TPSA) is 78.9 Å². The van der Waals surface area contributed by atoms with Crippen molar-refractivity contribution < 1.29 is 14.3 Å². The summed E-state index contributed by atoms with van der Waals surface area (Å²) >= 11 is 0. The van der Waals surface area contributed by atoms with Crippen LogP contribution in [-0.4, -0.2) is 71.6 Å². The van der Waals surface area contributed by atoms with Gasteiger partial charge < -0.3 is 19.4 Å². The van der Waals surface area contributed by atoms with Crippen molar-refractivity contribution in [2.24, 2.45) is 0 Å². The smallest absolute Gasteiger partial charge is 0.254 e. The second-order valence-electron chi connectivity index (χ2n) is 9.39. The Hall–Kier alpha value is -4.72. The molecule has 1 aromatic heterocycles. The number of hydrogen-bond donors (Lipinski definition) is 0. The molecule has 0 aliphatic carbocycles. The summed E-state index contributed by atoms with van der Waals surface area (Å²) in [6.07, 6.45) is 0. The number of ether oxygens (including phenoxy) is 1. The summed E-state index contributed by atoms with van der Waals surface area (Å²) in [5.74, 6) is 1.36. The second-order valence-corrected chi connectivity index (χ2v) is 9.39. The van der Waals surface area contributed by atoms with E-state index in [2.05, 4.69) is 15.1 Å². The van der Waals surface area contributed by atoms with Gasteiger partial charge in [0.25, 0.3) is 5.91 Å². The molecule has 0 saturated carbocycles. The Morgan fingerprint density at radius 1 is 0.795 bits per heavy atom. The van der Waals surface area contributed by atoms with Crippen molar-refractivity contribution in [3.8, 4) is 17.0 Å². The summed E-state index contributed by atoms with van der Waals surface area (Å²) in [4.78, 5) is 32.2. The molecule has 1 fully saturated rings. The molecular weight excluding hydrogens is 490 g/mol. The number of rotatable bonds is 8. The van der Waals surface area contributed by atoms with Gasteiger partial charge in [0.2, 0.25) is 5.91 Å². The van der Waals surface area contributed by atoms with E-state index in [1.54, 1.807) is 24.1 Å². The molecule has 8 heteroatoms. The van der Waals surface area contributed by atoms with Gasteiger partial charge in [-0.1, -0.05) is 48.5 Å². The minimum absolute atomic E-state index is 0.0268. The van der Waals surface area contributed by atoms with Crippen molar-refractivity contribution >= 4 is 17.6 Å². The van der Waals surface area contributed by atoms with Gasteiger partial charge in [0.1, 0.15) is 12.3 Å². The molecule has 0 atom stereocenters. The average Bonchev–Trinajstić information content (AvgIpc) is 3.01. The van der Waals surface area contributed by atoms with Crippen molar-refractivity contribution in [3.63, 3.8) is 0 Å². The third-order valence-electron chi connectivity index (χ3n) is 6.84. The van der Waals surface area contributed by atoms with E-state index in [-0.39, 0.29) is 18.4 Å². The molecule has 3 aromatic carbocycles. The maximum atomic E-state index is 13.3. The zero-order valence-corrected chi connectivity index (χ0v) is 21.9. The first-order valence-corrected chi connectivity index (χ1v) is 13.0. The van der Waals surface area contributed by atoms with Crippen LogP contribution in [0.2, 0.25) is 0 Å². The molecule has 8 nitrogen and oxygen atoms in total. The number of hydrogen-bond acceptors (Lipinski definition) is 6. The second kappa shape index (κ2) is 12.2. The SMILES string of the molecule is COc1ccc(-c2ccc(N3CCN(C(=O)CN(Cc4ccccc4)C(=O)c4ccccc4)CC3)nn2)cc1. The summed E-state index contributed by atoms with van der Waals surface area (Å²) in [5, 5.41) is 8.84. The molecular formula is C31H31N5O3. The molecule has 5 rings (SSSR count). The minimum atomic E-state index is -0.154. The normalized spacial score (nSPS) is 13.2. The van der Waals surface area contributed by atoms with E-state index in [9.17, 15) is 9.59 Å². The predicted molar refractivity (Wildman–Crippen MR) is 150 cm³/mol. The fraction of sp³-hybridized carbons (Fsp3) is 0.226. The molecule has 2 amide bonds. The van der Waals surface area contributed by atoms with Gasteiger partial charge in [-0.2, -0.15) is 0 Å². The first-order valence-electron chi connectivity index (χ1n) is 13.0. The van der Waals surface area contributed by atoms with Gasteiger partial charge in [0.05, 0.1) is 12.8 Å². The Morgan fingerprint density at radius 2 is 1.46 bits per heavy atom. The molecule has 0 bridgehead atoms. The maximum Gasteiger partial charge on any atom is 0.254 e. The molecule has 0 unspecified atom stereocenters. The van der Waals surface area contributed by atoms with Crippen LogP contribution in [0.4, 0.5) is 5.82 Å².